The van der Waals surface area contributed by atoms with Crippen LogP contribution in [0.3, 0.4) is 0 Å². The summed E-state index contributed by atoms with van der Waals surface area (Å²) in [5.74, 6) is -0.784. The van der Waals surface area contributed by atoms with E-state index in [4.69, 9.17) is 11.6 Å². The van der Waals surface area contributed by atoms with Gasteiger partial charge in [0.25, 0.3) is 20.0 Å². The van der Waals surface area contributed by atoms with Crippen LogP contribution in [0.25, 0.3) is 10.9 Å². The summed E-state index contributed by atoms with van der Waals surface area (Å²) in [6.07, 6.45) is 0. The van der Waals surface area contributed by atoms with Crippen LogP contribution in [-0.4, -0.2) is 25.9 Å². The lowest BCUT2D eigenvalue weighted by molar-refractivity contribution is 0.448. The number of fused-ring (bicyclic) bond motifs is 1. The van der Waals surface area contributed by atoms with Gasteiger partial charge in [-0.25, -0.2) is 12.4 Å². The molecule has 0 fully saturated rings. The van der Waals surface area contributed by atoms with Crippen molar-refractivity contribution in [2.45, 2.75) is 9.79 Å². The van der Waals surface area contributed by atoms with Gasteiger partial charge in [0.15, 0.2) is 5.69 Å². The number of rotatable bonds is 5. The van der Waals surface area contributed by atoms with Gasteiger partial charge in [-0.05, 0) is 42.5 Å². The van der Waals surface area contributed by atoms with E-state index in [0.717, 1.165) is 0 Å². The molecule has 1 aromatic heterocycles. The number of sulfonamides is 1. The predicted octanol–water partition coefficient (Wildman–Crippen LogP) is 4.71. The van der Waals surface area contributed by atoms with Crippen LogP contribution in [0.4, 0.5) is 5.69 Å². The van der Waals surface area contributed by atoms with Crippen LogP contribution in [-0.2, 0) is 20.0 Å². The number of hydrogen-bond acceptors (Lipinski definition) is 6. The highest BCUT2D eigenvalue weighted by Crippen LogP contribution is 2.42. The van der Waals surface area contributed by atoms with Gasteiger partial charge in [0.1, 0.15) is 0 Å². The second-order valence-electron chi connectivity index (χ2n) is 6.39. The number of aromatic nitrogens is 1. The van der Waals surface area contributed by atoms with E-state index in [9.17, 15) is 21.9 Å². The third-order valence-corrected chi connectivity index (χ3v) is 7.53. The van der Waals surface area contributed by atoms with Gasteiger partial charge in [0.05, 0.1) is 15.3 Å². The topological polar surface area (TPSA) is 118 Å². The minimum absolute atomic E-state index is 0.0665. The molecule has 0 spiro atoms. The first-order valence-corrected chi connectivity index (χ1v) is 12.0. The first-order valence-electron chi connectivity index (χ1n) is 8.78. The molecule has 4 rings (SSSR count). The van der Waals surface area contributed by atoms with E-state index < -0.39 is 25.9 Å². The molecular weight excluding hydrogens is 462 g/mol. The highest BCUT2D eigenvalue weighted by molar-refractivity contribution is 7.90. The van der Waals surface area contributed by atoms with Crippen molar-refractivity contribution in [1.29, 1.82) is 0 Å². The zero-order chi connectivity index (χ0) is 22.2. The summed E-state index contributed by atoms with van der Waals surface area (Å²) in [4.78, 5) is -0.172. The largest absolute Gasteiger partial charge is 0.492 e. The van der Waals surface area contributed by atoms with Crippen LogP contribution in [0, 0.1) is 0 Å². The first-order chi connectivity index (χ1) is 14.7. The van der Waals surface area contributed by atoms with E-state index in [2.05, 4.69) is 9.63 Å². The van der Waals surface area contributed by atoms with Crippen LogP contribution in [0.15, 0.2) is 98.3 Å². The van der Waals surface area contributed by atoms with Gasteiger partial charge >= 0.3 is 0 Å². The van der Waals surface area contributed by atoms with E-state index in [-0.39, 0.29) is 31.4 Å². The molecule has 158 valence electrons. The van der Waals surface area contributed by atoms with Crippen LogP contribution in [0.5, 0.6) is 5.88 Å². The van der Waals surface area contributed by atoms with Gasteiger partial charge in [-0.3, -0.25) is 0 Å². The molecule has 0 radical (unpaired) electrons. The van der Waals surface area contributed by atoms with Gasteiger partial charge in [0, 0.05) is 10.4 Å². The molecular formula is C20H14ClN3O5S2. The van der Waals surface area contributed by atoms with E-state index in [0.29, 0.717) is 3.97 Å². The summed E-state index contributed by atoms with van der Waals surface area (Å²) in [5, 5.41) is 14.8. The molecule has 0 bridgehead atoms. The minimum atomic E-state index is -4.22. The molecule has 0 unspecified atom stereocenters. The average molecular weight is 476 g/mol. The summed E-state index contributed by atoms with van der Waals surface area (Å²) in [5.41, 5.74) is -0.270. The van der Waals surface area contributed by atoms with Crippen molar-refractivity contribution in [3.05, 3.63) is 83.9 Å². The fraction of sp³-hybridized carbons (Fsp3) is 0. The fourth-order valence-corrected chi connectivity index (χ4v) is 5.38. The number of hydrogen-bond donors (Lipinski definition) is 1. The van der Waals surface area contributed by atoms with Crippen LogP contribution >= 0.6 is 11.6 Å². The van der Waals surface area contributed by atoms with Gasteiger partial charge < -0.3 is 5.11 Å². The van der Waals surface area contributed by atoms with Gasteiger partial charge in [-0.15, -0.1) is 5.11 Å². The zero-order valence-electron chi connectivity index (χ0n) is 15.6. The monoisotopic (exact) mass is 475 g/mol. The maximum atomic E-state index is 13.2. The molecule has 0 saturated heterocycles. The normalized spacial score (nSPS) is 12.5. The summed E-state index contributed by atoms with van der Waals surface area (Å²) in [6, 6.07) is 19.1. The van der Waals surface area contributed by atoms with Crippen LogP contribution < -0.4 is 0 Å². The van der Waals surface area contributed by atoms with Crippen molar-refractivity contribution in [2.75, 3.05) is 0 Å². The maximum absolute atomic E-state index is 13.2. The van der Waals surface area contributed by atoms with E-state index in [1.165, 1.54) is 54.6 Å². The molecule has 0 saturated carbocycles. The van der Waals surface area contributed by atoms with E-state index >= 15 is 0 Å². The Balaban J connectivity index is 1.94. The molecule has 1 heterocycles. The van der Waals surface area contributed by atoms with E-state index in [1.54, 1.807) is 24.3 Å². The molecule has 3 aromatic carbocycles. The van der Waals surface area contributed by atoms with Crippen molar-refractivity contribution < 1.29 is 21.9 Å². The Morgan fingerprint density at radius 2 is 1.39 bits per heavy atom. The van der Waals surface area contributed by atoms with Gasteiger partial charge in [-0.1, -0.05) is 52.5 Å². The highest BCUT2D eigenvalue weighted by atomic mass is 35.5. The Morgan fingerprint density at radius 1 is 0.806 bits per heavy atom. The molecule has 0 amide bonds. The summed E-state index contributed by atoms with van der Waals surface area (Å²) >= 11 is 6.04. The third kappa shape index (κ3) is 3.80. The molecule has 8 nitrogen and oxygen atoms in total. The fourth-order valence-electron chi connectivity index (χ4n) is 2.98. The quantitative estimate of drug-likeness (QED) is 0.419. The van der Waals surface area contributed by atoms with Crippen LogP contribution in [0.2, 0.25) is 5.02 Å². The summed E-state index contributed by atoms with van der Waals surface area (Å²) in [7, 11) is -8.40. The lowest BCUT2D eigenvalue weighted by atomic mass is 10.2. The van der Waals surface area contributed by atoms with Crippen LogP contribution in [0.1, 0.15) is 0 Å². The summed E-state index contributed by atoms with van der Waals surface area (Å²) < 4.78 is 55.3. The van der Waals surface area contributed by atoms with Crippen molar-refractivity contribution in [3.63, 3.8) is 0 Å². The SMILES string of the molecule is O=S(=O)(N=Nc1c(O)n(S(=O)(=O)c2ccccc2)c2ccc(Cl)cc12)c1ccccc1. The number of halogens is 1. The van der Waals surface area contributed by atoms with Crippen molar-refractivity contribution in [2.24, 2.45) is 9.63 Å². The number of aromatic hydroxyl groups is 1. The van der Waals surface area contributed by atoms with Gasteiger partial charge in [0.2, 0.25) is 5.88 Å². The third-order valence-electron chi connectivity index (χ3n) is 4.41. The maximum Gasteiger partial charge on any atom is 0.299 e. The standard InChI is InChI=1S/C20H14ClN3O5S2/c21-14-11-12-18-17(13-14)19(22-23-30(26,27)15-7-3-1-4-8-15)20(25)24(18)31(28,29)16-9-5-2-6-10-16/h1-13,25H. The van der Waals surface area contributed by atoms with Gasteiger partial charge in [-0.2, -0.15) is 8.42 Å². The second-order valence-corrected chi connectivity index (χ2v) is 10.2. The molecule has 0 atom stereocenters. The Morgan fingerprint density at radius 3 is 2.00 bits per heavy atom. The Hall–Kier alpha value is -3.21. The minimum Gasteiger partial charge on any atom is -0.492 e. The summed E-state index contributed by atoms with van der Waals surface area (Å²) in [6.45, 7) is 0. The lowest BCUT2D eigenvalue weighted by Gasteiger charge is -2.08. The first kappa shape index (κ1) is 21.0. The molecule has 1 N–H and O–H groups in total. The second kappa shape index (κ2) is 7.80. The lowest BCUT2D eigenvalue weighted by Crippen LogP contribution is -2.12. The van der Waals surface area contributed by atoms with Crippen molar-refractivity contribution >= 4 is 48.2 Å². The molecule has 11 heteroatoms. The average Bonchev–Trinajstić information content (AvgIpc) is 3.04. The van der Waals surface area contributed by atoms with Crippen molar-refractivity contribution in [3.8, 4) is 5.88 Å². The Labute approximate surface area is 183 Å². The Kier molecular flexibility index (Phi) is 5.29. The highest BCUT2D eigenvalue weighted by Gasteiger charge is 2.27. The molecule has 0 aliphatic rings. The molecule has 4 aromatic rings. The molecule has 0 aliphatic carbocycles. The number of benzene rings is 3. The smallest absolute Gasteiger partial charge is 0.299 e. The molecule has 31 heavy (non-hydrogen) atoms. The van der Waals surface area contributed by atoms with Crippen molar-refractivity contribution in [1.82, 2.24) is 3.97 Å². The van der Waals surface area contributed by atoms with E-state index in [1.807, 2.05) is 0 Å². The predicted molar refractivity (Wildman–Crippen MR) is 116 cm³/mol. The Bertz CT molecular complexity index is 1520. The molecule has 0 aliphatic heterocycles. The number of nitrogens with zero attached hydrogens (tertiary/aromatic N) is 3. The zero-order valence-corrected chi connectivity index (χ0v) is 18.0.